The molecule has 0 atom stereocenters. The Balaban J connectivity index is 2.83. The van der Waals surface area contributed by atoms with Crippen molar-refractivity contribution < 1.29 is 8.42 Å². The average molecular weight is 248 g/mol. The molecule has 0 saturated carbocycles. The normalized spacial score (nSPS) is 11.6. The van der Waals surface area contributed by atoms with Crippen LogP contribution in [-0.2, 0) is 16.4 Å². The van der Waals surface area contributed by atoms with Gasteiger partial charge in [0.2, 0.25) is 0 Å². The second-order valence-corrected chi connectivity index (χ2v) is 5.15. The molecule has 0 amide bonds. The maximum Gasteiger partial charge on any atom is 0.256 e. The zero-order valence-electron chi connectivity index (χ0n) is 9.13. The van der Waals surface area contributed by atoms with E-state index in [1.807, 2.05) is 18.2 Å². The summed E-state index contributed by atoms with van der Waals surface area (Å²) < 4.78 is 23.0. The van der Waals surface area contributed by atoms with E-state index in [0.717, 1.165) is 5.39 Å². The van der Waals surface area contributed by atoms with E-state index >= 15 is 0 Å². The van der Waals surface area contributed by atoms with Crippen molar-refractivity contribution >= 4 is 20.8 Å². The maximum atomic E-state index is 11.5. The van der Waals surface area contributed by atoms with Gasteiger partial charge in [-0.05, 0) is 11.5 Å². The fraction of sp³-hybridized carbons (Fsp3) is 0.0833. The Kier molecular flexibility index (Phi) is 2.95. The lowest BCUT2D eigenvalue weighted by Crippen LogP contribution is -2.15. The summed E-state index contributed by atoms with van der Waals surface area (Å²) >= 11 is 0. The summed E-state index contributed by atoms with van der Waals surface area (Å²) in [5, 5.41) is 6.45. The minimum Gasteiger partial charge on any atom is -0.239 e. The van der Waals surface area contributed by atoms with Crippen LogP contribution < -0.4 is 5.14 Å². The number of pyridine rings is 1. The smallest absolute Gasteiger partial charge is 0.239 e. The van der Waals surface area contributed by atoms with Crippen LogP contribution in [0.25, 0.3) is 10.8 Å². The summed E-state index contributed by atoms with van der Waals surface area (Å²) in [6.07, 6.45) is 2.18. The van der Waals surface area contributed by atoms with Crippen LogP contribution in [-0.4, -0.2) is 13.4 Å². The summed E-state index contributed by atoms with van der Waals surface area (Å²) in [5.74, 6) is 0. The number of nitrogens with zero attached hydrogens (tertiary/aromatic N) is 1. The lowest BCUT2D eigenvalue weighted by Gasteiger charge is -2.06. The number of sulfonamides is 1. The SMILES string of the molecule is C=CCc1cc2ccccc2c(S(N)(=O)=O)n1. The van der Waals surface area contributed by atoms with Crippen LogP contribution in [0, 0.1) is 0 Å². The molecule has 2 rings (SSSR count). The van der Waals surface area contributed by atoms with E-state index in [1.54, 1.807) is 18.2 Å². The average Bonchev–Trinajstić information content (AvgIpc) is 2.27. The topological polar surface area (TPSA) is 73.1 Å². The first-order chi connectivity index (χ1) is 8.02. The maximum absolute atomic E-state index is 11.5. The van der Waals surface area contributed by atoms with Crippen molar-refractivity contribution in [2.45, 2.75) is 11.4 Å². The van der Waals surface area contributed by atoms with E-state index in [2.05, 4.69) is 11.6 Å². The van der Waals surface area contributed by atoms with Gasteiger partial charge in [-0.1, -0.05) is 30.3 Å². The van der Waals surface area contributed by atoms with Gasteiger partial charge in [0.05, 0.1) is 0 Å². The molecule has 0 aliphatic carbocycles. The van der Waals surface area contributed by atoms with Crippen molar-refractivity contribution in [2.24, 2.45) is 5.14 Å². The van der Waals surface area contributed by atoms with Crippen LogP contribution >= 0.6 is 0 Å². The fourth-order valence-electron chi connectivity index (χ4n) is 1.69. The van der Waals surface area contributed by atoms with Crippen LogP contribution in [0.4, 0.5) is 0 Å². The van der Waals surface area contributed by atoms with Gasteiger partial charge >= 0.3 is 0 Å². The number of nitrogens with two attached hydrogens (primary N) is 1. The van der Waals surface area contributed by atoms with Crippen molar-refractivity contribution in [1.82, 2.24) is 4.98 Å². The monoisotopic (exact) mass is 248 g/mol. The second kappa shape index (κ2) is 4.27. The number of hydrogen-bond acceptors (Lipinski definition) is 3. The quantitative estimate of drug-likeness (QED) is 0.839. The largest absolute Gasteiger partial charge is 0.256 e. The summed E-state index contributed by atoms with van der Waals surface area (Å²) in [6.45, 7) is 3.61. The van der Waals surface area contributed by atoms with Gasteiger partial charge in [-0.15, -0.1) is 6.58 Å². The molecule has 2 aromatic rings. The zero-order valence-corrected chi connectivity index (χ0v) is 9.94. The Hall–Kier alpha value is -1.72. The van der Waals surface area contributed by atoms with Crippen LogP contribution in [0.1, 0.15) is 5.69 Å². The Labute approximate surface area is 99.8 Å². The molecule has 17 heavy (non-hydrogen) atoms. The van der Waals surface area contributed by atoms with Gasteiger partial charge in [-0.25, -0.2) is 18.5 Å². The molecule has 0 bridgehead atoms. The number of hydrogen-bond donors (Lipinski definition) is 1. The van der Waals surface area contributed by atoms with Crippen LogP contribution in [0.2, 0.25) is 0 Å². The molecular weight excluding hydrogens is 236 g/mol. The van der Waals surface area contributed by atoms with E-state index in [4.69, 9.17) is 5.14 Å². The number of primary sulfonamides is 1. The molecule has 88 valence electrons. The third-order valence-corrected chi connectivity index (χ3v) is 3.23. The van der Waals surface area contributed by atoms with Gasteiger partial charge in [-0.2, -0.15) is 0 Å². The Morgan fingerprint density at radius 2 is 2.06 bits per heavy atom. The van der Waals surface area contributed by atoms with Crippen molar-refractivity contribution in [3.05, 3.63) is 48.7 Å². The number of fused-ring (bicyclic) bond motifs is 1. The summed E-state index contributed by atoms with van der Waals surface area (Å²) in [7, 11) is -3.82. The third kappa shape index (κ3) is 2.35. The number of allylic oxidation sites excluding steroid dienone is 1. The standard InChI is InChI=1S/C12H12N2O2S/c1-2-5-10-8-9-6-3-4-7-11(9)12(14-10)17(13,15)16/h2-4,6-8H,1,5H2,(H2,13,15,16). The number of benzene rings is 1. The summed E-state index contributed by atoms with van der Waals surface area (Å²) in [6, 6.07) is 8.96. The molecule has 0 fully saturated rings. The molecule has 1 heterocycles. The Morgan fingerprint density at radius 3 is 2.71 bits per heavy atom. The van der Waals surface area contributed by atoms with E-state index in [-0.39, 0.29) is 5.03 Å². The molecule has 0 aliphatic heterocycles. The molecular formula is C12H12N2O2S. The van der Waals surface area contributed by atoms with Gasteiger partial charge in [0.25, 0.3) is 10.0 Å². The molecule has 2 N–H and O–H groups in total. The highest BCUT2D eigenvalue weighted by Crippen LogP contribution is 2.21. The molecule has 5 heteroatoms. The molecule has 0 saturated heterocycles. The zero-order chi connectivity index (χ0) is 12.5. The van der Waals surface area contributed by atoms with Crippen LogP contribution in [0.5, 0.6) is 0 Å². The van der Waals surface area contributed by atoms with E-state index < -0.39 is 10.0 Å². The predicted molar refractivity (Wildman–Crippen MR) is 67.0 cm³/mol. The Morgan fingerprint density at radius 1 is 1.35 bits per heavy atom. The van der Waals surface area contributed by atoms with Crippen LogP contribution in [0.3, 0.4) is 0 Å². The van der Waals surface area contributed by atoms with Crippen LogP contribution in [0.15, 0.2) is 48.0 Å². The Bertz CT molecular complexity index is 678. The minimum absolute atomic E-state index is 0.0764. The van der Waals surface area contributed by atoms with Crippen molar-refractivity contribution in [1.29, 1.82) is 0 Å². The summed E-state index contributed by atoms with van der Waals surface area (Å²) in [5.41, 5.74) is 0.641. The fourth-order valence-corrected chi connectivity index (χ4v) is 2.43. The van der Waals surface area contributed by atoms with E-state index in [9.17, 15) is 8.42 Å². The van der Waals surface area contributed by atoms with Gasteiger partial charge in [-0.3, -0.25) is 0 Å². The van der Waals surface area contributed by atoms with Gasteiger partial charge < -0.3 is 0 Å². The minimum atomic E-state index is -3.82. The highest BCUT2D eigenvalue weighted by molar-refractivity contribution is 7.89. The van der Waals surface area contributed by atoms with Crippen molar-refractivity contribution in [3.63, 3.8) is 0 Å². The lowest BCUT2D eigenvalue weighted by molar-refractivity contribution is 0.595. The van der Waals surface area contributed by atoms with Crippen molar-refractivity contribution in [2.75, 3.05) is 0 Å². The molecule has 0 unspecified atom stereocenters. The molecule has 4 nitrogen and oxygen atoms in total. The predicted octanol–water partition coefficient (Wildman–Crippen LogP) is 1.61. The first kappa shape index (κ1) is 11.8. The second-order valence-electron chi connectivity index (χ2n) is 3.68. The first-order valence-electron chi connectivity index (χ1n) is 5.05. The molecule has 0 spiro atoms. The third-order valence-electron chi connectivity index (χ3n) is 2.38. The highest BCUT2D eigenvalue weighted by Gasteiger charge is 2.15. The molecule has 1 aromatic heterocycles. The first-order valence-corrected chi connectivity index (χ1v) is 6.59. The molecule has 0 radical (unpaired) electrons. The van der Waals surface area contributed by atoms with Gasteiger partial charge in [0.15, 0.2) is 5.03 Å². The van der Waals surface area contributed by atoms with Gasteiger partial charge in [0, 0.05) is 17.5 Å². The molecule has 0 aliphatic rings. The number of rotatable bonds is 3. The summed E-state index contributed by atoms with van der Waals surface area (Å²) in [4.78, 5) is 4.08. The number of aromatic nitrogens is 1. The van der Waals surface area contributed by atoms with Gasteiger partial charge in [0.1, 0.15) is 0 Å². The molecule has 1 aromatic carbocycles. The lowest BCUT2D eigenvalue weighted by atomic mass is 10.1. The van der Waals surface area contributed by atoms with E-state index in [1.165, 1.54) is 0 Å². The van der Waals surface area contributed by atoms with E-state index in [0.29, 0.717) is 17.5 Å². The highest BCUT2D eigenvalue weighted by atomic mass is 32.2. The van der Waals surface area contributed by atoms with Crippen molar-refractivity contribution in [3.8, 4) is 0 Å².